The normalized spacial score (nSPS) is 27.3. The molecule has 2 aliphatic heterocycles. The van der Waals surface area contributed by atoms with E-state index in [2.05, 4.69) is 16.2 Å². The number of hydrogen-bond donors (Lipinski definition) is 1. The highest BCUT2D eigenvalue weighted by Gasteiger charge is 2.63. The molecule has 13 heteroatoms. The molecule has 0 aliphatic carbocycles. The number of carbonyl (C=O) groups is 3. The second-order valence-corrected chi connectivity index (χ2v) is 7.38. The Kier molecular flexibility index (Phi) is 6.01. The van der Waals surface area contributed by atoms with E-state index < -0.39 is 48.6 Å². The number of nitrogens with zero attached hydrogens (tertiary/aromatic N) is 4. The summed E-state index contributed by atoms with van der Waals surface area (Å²) in [5, 5.41) is 14.4. The molecule has 4 heterocycles. The average molecular weight is 459 g/mol. The van der Waals surface area contributed by atoms with Gasteiger partial charge in [0.25, 0.3) is 0 Å². The molecule has 0 unspecified atom stereocenters. The van der Waals surface area contributed by atoms with Crippen LogP contribution in [0.1, 0.15) is 31.9 Å². The third-order valence-corrected chi connectivity index (χ3v) is 5.35. The molecule has 0 radical (unpaired) electrons. The van der Waals surface area contributed by atoms with Gasteiger partial charge in [-0.15, -0.1) is 0 Å². The lowest BCUT2D eigenvalue weighted by atomic mass is 9.92. The third kappa shape index (κ3) is 4.00. The van der Waals surface area contributed by atoms with Gasteiger partial charge in [0.2, 0.25) is 5.60 Å². The molecule has 2 N–H and O–H groups in total. The summed E-state index contributed by atoms with van der Waals surface area (Å²) >= 11 is 0. The number of fused-ring (bicyclic) bond motifs is 2. The molecule has 2 aliphatic rings. The van der Waals surface area contributed by atoms with Crippen molar-refractivity contribution in [1.82, 2.24) is 14.6 Å². The molecule has 2 aromatic rings. The van der Waals surface area contributed by atoms with Crippen molar-refractivity contribution in [3.05, 3.63) is 24.2 Å². The van der Waals surface area contributed by atoms with Crippen molar-refractivity contribution in [3.8, 4) is 6.07 Å². The molecular weight excluding hydrogens is 438 g/mol. The molecule has 2 aromatic heterocycles. The predicted molar refractivity (Wildman–Crippen MR) is 106 cm³/mol. The molecule has 0 bridgehead atoms. The van der Waals surface area contributed by atoms with E-state index in [-0.39, 0.29) is 37.4 Å². The fourth-order valence-electron chi connectivity index (χ4n) is 3.90. The second-order valence-electron chi connectivity index (χ2n) is 7.38. The van der Waals surface area contributed by atoms with Crippen LogP contribution < -0.4 is 5.73 Å². The van der Waals surface area contributed by atoms with E-state index in [0.717, 1.165) is 0 Å². The monoisotopic (exact) mass is 459 g/mol. The van der Waals surface area contributed by atoms with Gasteiger partial charge in [-0.25, -0.2) is 14.3 Å². The van der Waals surface area contributed by atoms with E-state index in [1.165, 1.54) is 16.9 Å². The van der Waals surface area contributed by atoms with Crippen molar-refractivity contribution < 1.29 is 38.1 Å². The van der Waals surface area contributed by atoms with Crippen molar-refractivity contribution in [3.63, 3.8) is 0 Å². The summed E-state index contributed by atoms with van der Waals surface area (Å²) in [6, 6.07) is 5.16. The van der Waals surface area contributed by atoms with Gasteiger partial charge >= 0.3 is 18.1 Å². The van der Waals surface area contributed by atoms with E-state index in [0.29, 0.717) is 5.52 Å². The molecular formula is C20H21N5O8. The average Bonchev–Trinajstić information content (AvgIpc) is 3.35. The molecule has 2 fully saturated rings. The summed E-state index contributed by atoms with van der Waals surface area (Å²) in [6.45, 7) is 1.27. The topological polar surface area (TPSA) is 177 Å². The number of aromatic nitrogens is 3. The third-order valence-electron chi connectivity index (χ3n) is 5.35. The largest absolute Gasteiger partial charge is 0.508 e. The second kappa shape index (κ2) is 8.91. The van der Waals surface area contributed by atoms with Gasteiger partial charge in [-0.3, -0.25) is 9.59 Å². The van der Waals surface area contributed by atoms with E-state index >= 15 is 0 Å². The van der Waals surface area contributed by atoms with Crippen LogP contribution in [0.3, 0.4) is 0 Å². The van der Waals surface area contributed by atoms with Gasteiger partial charge in [-0.2, -0.15) is 10.4 Å². The summed E-state index contributed by atoms with van der Waals surface area (Å²) in [6.07, 6.45) is -3.37. The number of hydrogen-bond acceptors (Lipinski definition) is 12. The molecule has 2 saturated heterocycles. The lowest BCUT2D eigenvalue weighted by Gasteiger charge is -2.28. The van der Waals surface area contributed by atoms with Crippen molar-refractivity contribution in [2.24, 2.45) is 0 Å². The summed E-state index contributed by atoms with van der Waals surface area (Å²) < 4.78 is 28.4. The minimum atomic E-state index is -1.96. The van der Waals surface area contributed by atoms with Crippen LogP contribution in [0.5, 0.6) is 0 Å². The van der Waals surface area contributed by atoms with Crippen LogP contribution in [0.25, 0.3) is 5.52 Å². The maximum absolute atomic E-state index is 12.5. The van der Waals surface area contributed by atoms with E-state index in [1.807, 2.05) is 0 Å². The zero-order valence-electron chi connectivity index (χ0n) is 17.6. The van der Waals surface area contributed by atoms with Crippen molar-refractivity contribution in [2.45, 2.75) is 50.1 Å². The maximum Gasteiger partial charge on any atom is 0.508 e. The highest BCUT2D eigenvalue weighted by Crippen LogP contribution is 2.44. The lowest BCUT2D eigenvalue weighted by Crippen LogP contribution is -2.45. The van der Waals surface area contributed by atoms with Crippen molar-refractivity contribution >= 4 is 29.4 Å². The Morgan fingerprint density at radius 1 is 1.30 bits per heavy atom. The zero-order chi connectivity index (χ0) is 23.6. The molecule has 0 aromatic carbocycles. The quantitative estimate of drug-likeness (QED) is 0.498. The van der Waals surface area contributed by atoms with Gasteiger partial charge in [-0.05, 0) is 25.5 Å². The fraction of sp³-hybridized carbons (Fsp3) is 0.500. The smallest absolute Gasteiger partial charge is 0.455 e. The van der Waals surface area contributed by atoms with E-state index in [1.54, 1.807) is 13.0 Å². The Morgan fingerprint density at radius 3 is 2.79 bits per heavy atom. The number of nitriles is 1. The SMILES string of the molecule is CCOC(=O)OC[C@H]1O[C@@](C#N)(c2ccc3c(N)ncnn23)[C@@H]2OC(=O)CCCC(=O)O[C@@H]21. The minimum absolute atomic E-state index is 0.0266. The Hall–Kier alpha value is -3.92. The van der Waals surface area contributed by atoms with Crippen LogP contribution in [0.15, 0.2) is 18.5 Å². The molecule has 0 saturated carbocycles. The number of anilines is 1. The Bertz CT molecular complexity index is 1130. The lowest BCUT2D eigenvalue weighted by molar-refractivity contribution is -0.166. The van der Waals surface area contributed by atoms with Crippen LogP contribution in [-0.4, -0.2) is 64.2 Å². The highest BCUT2D eigenvalue weighted by atomic mass is 16.7. The highest BCUT2D eigenvalue weighted by molar-refractivity contribution is 5.74. The van der Waals surface area contributed by atoms with Gasteiger partial charge in [0.1, 0.15) is 30.6 Å². The molecule has 4 rings (SSSR count). The molecule has 13 nitrogen and oxygen atoms in total. The fourth-order valence-corrected chi connectivity index (χ4v) is 3.90. The van der Waals surface area contributed by atoms with Gasteiger partial charge < -0.3 is 29.4 Å². The Morgan fingerprint density at radius 2 is 2.06 bits per heavy atom. The van der Waals surface area contributed by atoms with Crippen LogP contribution in [-0.2, 0) is 38.9 Å². The first-order valence-electron chi connectivity index (χ1n) is 10.3. The minimum Gasteiger partial charge on any atom is -0.455 e. The number of rotatable bonds is 4. The predicted octanol–water partition coefficient (Wildman–Crippen LogP) is 0.610. The summed E-state index contributed by atoms with van der Waals surface area (Å²) in [5.41, 5.74) is 4.51. The number of nitrogen functional groups attached to an aromatic ring is 1. The van der Waals surface area contributed by atoms with Crippen LogP contribution in [0.4, 0.5) is 10.6 Å². The number of ether oxygens (including phenoxy) is 5. The molecule has 0 spiro atoms. The van der Waals surface area contributed by atoms with Crippen LogP contribution in [0, 0.1) is 11.3 Å². The first kappa shape index (κ1) is 22.3. The molecule has 33 heavy (non-hydrogen) atoms. The maximum atomic E-state index is 12.5. The van der Waals surface area contributed by atoms with E-state index in [9.17, 15) is 19.6 Å². The molecule has 0 amide bonds. The van der Waals surface area contributed by atoms with E-state index in [4.69, 9.17) is 29.4 Å². The van der Waals surface area contributed by atoms with Crippen molar-refractivity contribution in [1.29, 1.82) is 5.26 Å². The summed E-state index contributed by atoms with van der Waals surface area (Å²) in [4.78, 5) is 40.5. The van der Waals surface area contributed by atoms with Crippen molar-refractivity contribution in [2.75, 3.05) is 18.9 Å². The van der Waals surface area contributed by atoms with Gasteiger partial charge in [0, 0.05) is 12.8 Å². The number of nitrogens with two attached hydrogens (primary N) is 1. The van der Waals surface area contributed by atoms with Gasteiger partial charge in [0.05, 0.1) is 12.3 Å². The van der Waals surface area contributed by atoms with Crippen LogP contribution in [0.2, 0.25) is 0 Å². The Labute approximate surface area is 187 Å². The molecule has 4 atom stereocenters. The Balaban J connectivity index is 1.79. The number of esters is 2. The first-order valence-corrected chi connectivity index (χ1v) is 10.3. The first-order chi connectivity index (χ1) is 15.9. The van der Waals surface area contributed by atoms with Crippen LogP contribution >= 0.6 is 0 Å². The zero-order valence-corrected chi connectivity index (χ0v) is 17.6. The van der Waals surface area contributed by atoms with Gasteiger partial charge in [-0.1, -0.05) is 0 Å². The number of carbonyl (C=O) groups excluding carboxylic acids is 3. The van der Waals surface area contributed by atoms with Gasteiger partial charge in [0.15, 0.2) is 18.0 Å². The molecule has 174 valence electrons. The summed E-state index contributed by atoms with van der Waals surface area (Å²) in [7, 11) is 0. The summed E-state index contributed by atoms with van der Waals surface area (Å²) in [5.74, 6) is -1.08. The standard InChI is InChI=1S/C20H21N5O8/c1-2-29-19(28)30-8-12-16-17(32-15(27)5-3-4-14(26)31-16)20(9-21,33-12)13-7-6-11-18(22)23-10-24-25(11)13/h6-7,10,12,16-17H,2-5,8H2,1H3,(H2,22,23,24)/t12-,16-,17-,20+/m1/s1.